The molecule has 0 radical (unpaired) electrons. The Hall–Kier alpha value is -2.58. The Morgan fingerprint density at radius 2 is 1.76 bits per heavy atom. The number of hydrogen-bond donors (Lipinski definition) is 1. The highest BCUT2D eigenvalue weighted by Gasteiger charge is 2.29. The maximum absolute atomic E-state index is 13.5. The Kier molecular flexibility index (Phi) is 10.0. The fraction of sp³-hybridized carbons (Fsp3) is 0.500. The lowest BCUT2D eigenvalue weighted by Crippen LogP contribution is -2.49. The van der Waals surface area contributed by atoms with Gasteiger partial charge in [0.1, 0.15) is 6.04 Å². The minimum Gasteiger partial charge on any atom is -0.352 e. The number of aryl methyl sites for hydroxylation is 1. The number of rotatable bonds is 11. The number of nitrogens with one attached hydrogen (secondary N) is 1. The first-order chi connectivity index (χ1) is 17.5. The average Bonchev–Trinajstić information content (AvgIpc) is 3.35. The summed E-state index contributed by atoms with van der Waals surface area (Å²) in [6.45, 7) is 5.97. The zero-order valence-electron chi connectivity index (χ0n) is 22.2. The summed E-state index contributed by atoms with van der Waals surface area (Å²) in [5, 5.41) is 3.59. The summed E-state index contributed by atoms with van der Waals surface area (Å²) in [4.78, 5) is 28.2. The summed E-state index contributed by atoms with van der Waals surface area (Å²) in [5.74, 6) is -0.338. The number of benzene rings is 2. The Labute approximate surface area is 226 Å². The molecule has 1 atom stereocenters. The number of nitrogens with zero attached hydrogens (tertiary/aromatic N) is 2. The molecule has 2 amide bonds. The molecule has 0 spiro atoms. The quantitative estimate of drug-likeness (QED) is 0.430. The van der Waals surface area contributed by atoms with E-state index in [9.17, 15) is 18.0 Å². The monoisotopic (exact) mass is 547 g/mol. The molecule has 0 aromatic heterocycles. The number of halogens is 1. The number of hydrogen-bond acceptors (Lipinski definition) is 4. The Morgan fingerprint density at radius 1 is 1.08 bits per heavy atom. The third-order valence-electron chi connectivity index (χ3n) is 7.13. The van der Waals surface area contributed by atoms with Crippen molar-refractivity contribution in [1.29, 1.82) is 0 Å². The number of carbonyl (C=O) groups is 2. The third-order valence-corrected chi connectivity index (χ3v) is 8.72. The summed E-state index contributed by atoms with van der Waals surface area (Å²) in [6, 6.07) is 12.5. The standard InChI is InChI=1S/C28H38ClN3O4S/c1-20-11-5-6-12-23(20)19-31(22(3)28(34)30-24-13-7-8-14-24)27(33)17-10-18-32(37(4,35)36)26-16-9-15-25(29)21(26)2/h5-6,9,11-12,15-16,22,24H,7-8,10,13-14,17-19H2,1-4H3,(H,30,34)/t22-/m1/s1. The summed E-state index contributed by atoms with van der Waals surface area (Å²) in [7, 11) is -3.59. The second-order valence-electron chi connectivity index (χ2n) is 9.94. The first kappa shape index (κ1) is 29.0. The van der Waals surface area contributed by atoms with Crippen molar-refractivity contribution >= 4 is 39.1 Å². The van der Waals surface area contributed by atoms with E-state index in [1.54, 1.807) is 36.9 Å². The first-order valence-electron chi connectivity index (χ1n) is 12.9. The van der Waals surface area contributed by atoms with E-state index in [2.05, 4.69) is 5.32 Å². The smallest absolute Gasteiger partial charge is 0.242 e. The molecule has 7 nitrogen and oxygen atoms in total. The molecule has 0 saturated heterocycles. The van der Waals surface area contributed by atoms with E-state index < -0.39 is 16.1 Å². The molecule has 9 heteroatoms. The molecular formula is C28H38ClN3O4S. The van der Waals surface area contributed by atoms with E-state index in [0.717, 1.165) is 43.1 Å². The van der Waals surface area contributed by atoms with Crippen molar-refractivity contribution in [2.24, 2.45) is 0 Å². The van der Waals surface area contributed by atoms with Gasteiger partial charge in [-0.3, -0.25) is 13.9 Å². The topological polar surface area (TPSA) is 86.8 Å². The molecule has 202 valence electrons. The Balaban J connectivity index is 1.75. The van der Waals surface area contributed by atoms with Gasteiger partial charge in [-0.1, -0.05) is 54.8 Å². The van der Waals surface area contributed by atoms with E-state index >= 15 is 0 Å². The van der Waals surface area contributed by atoms with Gasteiger partial charge >= 0.3 is 0 Å². The molecule has 1 N–H and O–H groups in total. The molecule has 2 aromatic rings. The first-order valence-corrected chi connectivity index (χ1v) is 15.1. The summed E-state index contributed by atoms with van der Waals surface area (Å²) in [6.07, 6.45) is 5.71. The number of carbonyl (C=O) groups excluding carboxylic acids is 2. The van der Waals surface area contributed by atoms with Crippen molar-refractivity contribution in [3.63, 3.8) is 0 Å². The van der Waals surface area contributed by atoms with Gasteiger partial charge in [-0.15, -0.1) is 0 Å². The normalized spacial score (nSPS) is 14.8. The molecule has 1 saturated carbocycles. The lowest BCUT2D eigenvalue weighted by Gasteiger charge is -2.31. The molecule has 0 bridgehead atoms. The van der Waals surface area contributed by atoms with Crippen molar-refractivity contribution < 1.29 is 18.0 Å². The Morgan fingerprint density at radius 3 is 2.41 bits per heavy atom. The van der Waals surface area contributed by atoms with Crippen LogP contribution in [0.1, 0.15) is 62.1 Å². The maximum atomic E-state index is 13.5. The van der Waals surface area contributed by atoms with E-state index in [1.165, 1.54) is 4.31 Å². The predicted molar refractivity (Wildman–Crippen MR) is 149 cm³/mol. The zero-order chi connectivity index (χ0) is 27.2. The molecule has 0 heterocycles. The maximum Gasteiger partial charge on any atom is 0.242 e. The van der Waals surface area contributed by atoms with Crippen LogP contribution in [-0.4, -0.2) is 50.0 Å². The molecule has 1 fully saturated rings. The molecule has 37 heavy (non-hydrogen) atoms. The fourth-order valence-corrected chi connectivity index (χ4v) is 5.98. The van der Waals surface area contributed by atoms with Gasteiger partial charge in [-0.05, 0) is 68.9 Å². The van der Waals surface area contributed by atoms with Gasteiger partial charge in [0, 0.05) is 30.6 Å². The van der Waals surface area contributed by atoms with Gasteiger partial charge in [-0.25, -0.2) is 8.42 Å². The van der Waals surface area contributed by atoms with Crippen molar-refractivity contribution in [2.45, 2.75) is 77.9 Å². The van der Waals surface area contributed by atoms with Crippen molar-refractivity contribution in [3.8, 4) is 0 Å². The van der Waals surface area contributed by atoms with Crippen LogP contribution in [0, 0.1) is 13.8 Å². The van der Waals surface area contributed by atoms with Gasteiger partial charge in [-0.2, -0.15) is 0 Å². The fourth-order valence-electron chi connectivity index (χ4n) is 4.79. The van der Waals surface area contributed by atoms with Crippen molar-refractivity contribution in [2.75, 3.05) is 17.1 Å². The van der Waals surface area contributed by atoms with Crippen LogP contribution in [0.25, 0.3) is 0 Å². The highest BCUT2D eigenvalue weighted by Crippen LogP contribution is 2.28. The van der Waals surface area contributed by atoms with Crippen LogP contribution in [0.15, 0.2) is 42.5 Å². The minimum absolute atomic E-state index is 0.110. The molecular weight excluding hydrogens is 510 g/mol. The lowest BCUT2D eigenvalue weighted by molar-refractivity contribution is -0.141. The van der Waals surface area contributed by atoms with E-state index in [1.807, 2.05) is 31.2 Å². The van der Waals surface area contributed by atoms with Crippen molar-refractivity contribution in [1.82, 2.24) is 10.2 Å². The van der Waals surface area contributed by atoms with Crippen LogP contribution in [0.4, 0.5) is 5.69 Å². The van der Waals surface area contributed by atoms with Crippen molar-refractivity contribution in [3.05, 3.63) is 64.2 Å². The van der Waals surface area contributed by atoms with Gasteiger partial charge in [0.15, 0.2) is 0 Å². The van der Waals surface area contributed by atoms with Gasteiger partial charge in [0.05, 0.1) is 11.9 Å². The lowest BCUT2D eigenvalue weighted by atomic mass is 10.1. The molecule has 0 aliphatic heterocycles. The summed E-state index contributed by atoms with van der Waals surface area (Å²) in [5.41, 5.74) is 3.19. The minimum atomic E-state index is -3.59. The third kappa shape index (κ3) is 7.71. The van der Waals surface area contributed by atoms with E-state index in [-0.39, 0.29) is 30.8 Å². The molecule has 3 rings (SSSR count). The van der Waals surface area contributed by atoms with Crippen LogP contribution in [0.5, 0.6) is 0 Å². The molecule has 0 unspecified atom stereocenters. The van der Waals surface area contributed by atoms with Crippen LogP contribution in [0.3, 0.4) is 0 Å². The van der Waals surface area contributed by atoms with Crippen LogP contribution in [0.2, 0.25) is 5.02 Å². The highest BCUT2D eigenvalue weighted by molar-refractivity contribution is 7.92. The van der Waals surface area contributed by atoms with Crippen LogP contribution in [-0.2, 0) is 26.2 Å². The summed E-state index contributed by atoms with van der Waals surface area (Å²) < 4.78 is 26.5. The largest absolute Gasteiger partial charge is 0.352 e. The number of anilines is 1. The van der Waals surface area contributed by atoms with E-state index in [4.69, 9.17) is 11.6 Å². The molecule has 2 aromatic carbocycles. The SMILES string of the molecule is Cc1ccccc1CN(C(=O)CCCN(c1cccc(Cl)c1C)S(C)(=O)=O)[C@H](C)C(=O)NC1CCCC1. The van der Waals surface area contributed by atoms with E-state index in [0.29, 0.717) is 29.2 Å². The predicted octanol–water partition coefficient (Wildman–Crippen LogP) is 4.98. The van der Waals surface area contributed by atoms with Crippen LogP contribution >= 0.6 is 11.6 Å². The highest BCUT2D eigenvalue weighted by atomic mass is 35.5. The number of amides is 2. The van der Waals surface area contributed by atoms with Gasteiger partial charge in [0.2, 0.25) is 21.8 Å². The second kappa shape index (κ2) is 12.8. The number of sulfonamides is 1. The second-order valence-corrected chi connectivity index (χ2v) is 12.3. The molecule has 1 aliphatic carbocycles. The summed E-state index contributed by atoms with van der Waals surface area (Å²) >= 11 is 6.23. The van der Waals surface area contributed by atoms with Crippen LogP contribution < -0.4 is 9.62 Å². The van der Waals surface area contributed by atoms with Gasteiger partial charge < -0.3 is 10.2 Å². The Bertz CT molecular complexity index is 1210. The average molecular weight is 548 g/mol. The van der Waals surface area contributed by atoms with Gasteiger partial charge in [0.25, 0.3) is 0 Å². The molecule has 1 aliphatic rings. The zero-order valence-corrected chi connectivity index (χ0v) is 23.7.